The van der Waals surface area contributed by atoms with Crippen LogP contribution in [-0.4, -0.2) is 51.4 Å². The summed E-state index contributed by atoms with van der Waals surface area (Å²) >= 11 is -1.85. The molecule has 1 fully saturated rings. The Bertz CT molecular complexity index is 733. The number of hydrogen-bond donors (Lipinski definition) is 2. The molecule has 1 aromatic rings. The standard InChI is InChI=1S/C17H25FN4O5S/c1-16(2,3)27-15(23)21-8-6-17(18,7-9-21)11-20-13-5-4-12(28(19)26)10-14(13)22(24)25/h4-5,10,20H,6-9,11,19H2,1-3H3. The molecule has 1 heterocycles. The lowest BCUT2D eigenvalue weighted by molar-refractivity contribution is -0.384. The lowest BCUT2D eigenvalue weighted by atomic mass is 9.93. The molecule has 1 aliphatic rings. The Morgan fingerprint density at radius 2 is 2.04 bits per heavy atom. The molecule has 0 bridgehead atoms. The summed E-state index contributed by atoms with van der Waals surface area (Å²) in [7, 11) is 0. The van der Waals surface area contributed by atoms with Gasteiger partial charge in [0, 0.05) is 32.5 Å². The number of amides is 1. The number of rotatable bonds is 5. The molecule has 0 aliphatic carbocycles. The van der Waals surface area contributed by atoms with E-state index in [1.54, 1.807) is 20.8 Å². The normalized spacial score (nSPS) is 17.7. The summed E-state index contributed by atoms with van der Waals surface area (Å²) in [6.45, 7) is 5.52. The van der Waals surface area contributed by atoms with E-state index in [2.05, 4.69) is 5.32 Å². The average molecular weight is 416 g/mol. The Kier molecular flexibility index (Phi) is 6.73. The highest BCUT2D eigenvalue weighted by Crippen LogP contribution is 2.31. The fraction of sp³-hybridized carbons (Fsp3) is 0.588. The van der Waals surface area contributed by atoms with E-state index in [4.69, 9.17) is 9.88 Å². The molecule has 3 N–H and O–H groups in total. The van der Waals surface area contributed by atoms with Crippen LogP contribution in [-0.2, 0) is 16.1 Å². The summed E-state index contributed by atoms with van der Waals surface area (Å²) < 4.78 is 31.7. The molecule has 1 atom stereocenters. The zero-order valence-corrected chi connectivity index (χ0v) is 16.9. The highest BCUT2D eigenvalue weighted by atomic mass is 32.2. The van der Waals surface area contributed by atoms with Crippen molar-refractivity contribution in [2.75, 3.05) is 25.0 Å². The van der Waals surface area contributed by atoms with Gasteiger partial charge in [0.2, 0.25) is 0 Å². The molecule has 1 aromatic carbocycles. The van der Waals surface area contributed by atoms with Crippen LogP contribution in [0.2, 0.25) is 0 Å². The molecule has 0 saturated carbocycles. The van der Waals surface area contributed by atoms with Crippen LogP contribution in [0.5, 0.6) is 0 Å². The number of nitrogens with zero attached hydrogens (tertiary/aromatic N) is 2. The highest BCUT2D eigenvalue weighted by Gasteiger charge is 2.37. The number of likely N-dealkylation sites (tertiary alicyclic amines) is 1. The van der Waals surface area contributed by atoms with Gasteiger partial charge in [0.05, 0.1) is 22.4 Å². The Morgan fingerprint density at radius 3 is 2.54 bits per heavy atom. The molecule has 1 unspecified atom stereocenters. The Hall–Kier alpha value is -2.11. The summed E-state index contributed by atoms with van der Waals surface area (Å²) in [5, 5.41) is 19.2. The van der Waals surface area contributed by atoms with E-state index in [0.29, 0.717) is 0 Å². The van der Waals surface area contributed by atoms with Gasteiger partial charge < -0.3 is 19.5 Å². The van der Waals surface area contributed by atoms with E-state index in [0.717, 1.165) is 6.07 Å². The molecule has 1 aliphatic heterocycles. The van der Waals surface area contributed by atoms with Crippen LogP contribution in [0.4, 0.5) is 20.6 Å². The van der Waals surface area contributed by atoms with Gasteiger partial charge in [0.25, 0.3) is 5.69 Å². The predicted molar refractivity (Wildman–Crippen MR) is 103 cm³/mol. The molecule has 2 rings (SSSR count). The van der Waals surface area contributed by atoms with Crippen molar-refractivity contribution in [3.8, 4) is 0 Å². The molecule has 0 aromatic heterocycles. The van der Waals surface area contributed by atoms with Crippen LogP contribution in [0.3, 0.4) is 0 Å². The van der Waals surface area contributed by atoms with Gasteiger partial charge in [-0.25, -0.2) is 9.18 Å². The fourth-order valence-electron chi connectivity index (χ4n) is 2.78. The Morgan fingerprint density at radius 1 is 1.43 bits per heavy atom. The van der Waals surface area contributed by atoms with Crippen LogP contribution in [0, 0.1) is 10.1 Å². The van der Waals surface area contributed by atoms with Crippen LogP contribution in [0.25, 0.3) is 0 Å². The third-order valence-electron chi connectivity index (χ3n) is 4.31. The molecule has 1 amide bonds. The van der Waals surface area contributed by atoms with E-state index in [1.165, 1.54) is 17.0 Å². The number of nitro groups is 1. The molecular formula is C17H25FN4O5S. The number of benzene rings is 1. The summed E-state index contributed by atoms with van der Waals surface area (Å²) in [4.78, 5) is 24.2. The fourth-order valence-corrected chi connectivity index (χ4v) is 3.21. The van der Waals surface area contributed by atoms with Gasteiger partial charge in [0.15, 0.2) is 4.90 Å². The van der Waals surface area contributed by atoms with Crippen LogP contribution in [0.15, 0.2) is 23.1 Å². The SMILES string of the molecule is CC(C)(C)OC(=O)N1CCC(F)(CNc2ccc([S+](N)[O-])cc2[N+](=O)[O-])CC1. The average Bonchev–Trinajstić information content (AvgIpc) is 2.58. The molecule has 156 valence electrons. The van der Waals surface area contributed by atoms with Crippen LogP contribution >= 0.6 is 0 Å². The summed E-state index contributed by atoms with van der Waals surface area (Å²) in [5.74, 6) is 0. The number of carbonyl (C=O) groups is 1. The number of alkyl halides is 1. The highest BCUT2D eigenvalue weighted by molar-refractivity contribution is 7.89. The molecule has 11 heteroatoms. The van der Waals surface area contributed by atoms with Crippen molar-refractivity contribution in [3.63, 3.8) is 0 Å². The van der Waals surface area contributed by atoms with Gasteiger partial charge >= 0.3 is 6.09 Å². The maximum absolute atomic E-state index is 15.1. The summed E-state index contributed by atoms with van der Waals surface area (Å²) in [6.07, 6.45) is -0.320. The zero-order chi connectivity index (χ0) is 21.1. The molecule has 0 spiro atoms. The van der Waals surface area contributed by atoms with Gasteiger partial charge in [-0.1, -0.05) is 0 Å². The van der Waals surface area contributed by atoms with Crippen molar-refractivity contribution in [1.82, 2.24) is 4.90 Å². The van der Waals surface area contributed by atoms with E-state index in [9.17, 15) is 19.5 Å². The number of nitro benzene ring substituents is 1. The van der Waals surface area contributed by atoms with Gasteiger partial charge in [-0.15, -0.1) is 5.14 Å². The lowest BCUT2D eigenvalue weighted by Crippen LogP contribution is -2.48. The number of hydrogen-bond acceptors (Lipinski definition) is 7. The van der Waals surface area contributed by atoms with Gasteiger partial charge in [-0.05, 0) is 32.9 Å². The molecule has 9 nitrogen and oxygen atoms in total. The van der Waals surface area contributed by atoms with Crippen LogP contribution < -0.4 is 10.5 Å². The molecule has 0 radical (unpaired) electrons. The smallest absolute Gasteiger partial charge is 0.410 e. The van der Waals surface area contributed by atoms with E-state index in [-0.39, 0.29) is 48.7 Å². The zero-order valence-electron chi connectivity index (χ0n) is 16.1. The van der Waals surface area contributed by atoms with Crippen molar-refractivity contribution in [2.45, 2.75) is 49.8 Å². The predicted octanol–water partition coefficient (Wildman–Crippen LogP) is 2.73. The first-order chi connectivity index (χ1) is 12.9. The topological polar surface area (TPSA) is 134 Å². The maximum Gasteiger partial charge on any atom is 0.410 e. The van der Waals surface area contributed by atoms with Crippen LogP contribution in [0.1, 0.15) is 33.6 Å². The number of anilines is 1. The first kappa shape index (κ1) is 22.2. The third kappa shape index (κ3) is 5.94. The maximum atomic E-state index is 15.1. The minimum absolute atomic E-state index is 0.0813. The largest absolute Gasteiger partial charge is 0.593 e. The van der Waals surface area contributed by atoms with Gasteiger partial charge in [-0.3, -0.25) is 10.1 Å². The van der Waals surface area contributed by atoms with Gasteiger partial charge in [-0.2, -0.15) is 0 Å². The number of halogens is 1. The number of piperidine rings is 1. The lowest BCUT2D eigenvalue weighted by Gasteiger charge is -2.37. The summed E-state index contributed by atoms with van der Waals surface area (Å²) in [5.41, 5.74) is -2.46. The molecule has 1 saturated heterocycles. The Balaban J connectivity index is 1.98. The first-order valence-corrected chi connectivity index (χ1v) is 9.97. The minimum atomic E-state index is -1.85. The van der Waals surface area contributed by atoms with E-state index < -0.39 is 33.6 Å². The summed E-state index contributed by atoms with van der Waals surface area (Å²) in [6, 6.07) is 3.85. The monoisotopic (exact) mass is 416 g/mol. The van der Waals surface area contributed by atoms with Gasteiger partial charge in [0.1, 0.15) is 17.0 Å². The van der Waals surface area contributed by atoms with Crippen molar-refractivity contribution < 1.29 is 23.4 Å². The minimum Gasteiger partial charge on any atom is -0.593 e. The Labute approximate surface area is 165 Å². The number of nitrogens with one attached hydrogen (secondary N) is 1. The first-order valence-electron chi connectivity index (χ1n) is 8.75. The quantitative estimate of drug-likeness (QED) is 0.428. The third-order valence-corrected chi connectivity index (χ3v) is 5.02. The number of nitrogens with two attached hydrogens (primary N) is 1. The van der Waals surface area contributed by atoms with E-state index >= 15 is 4.39 Å². The van der Waals surface area contributed by atoms with Crippen molar-refractivity contribution in [1.29, 1.82) is 0 Å². The van der Waals surface area contributed by atoms with Crippen molar-refractivity contribution in [2.24, 2.45) is 5.14 Å². The number of carbonyl (C=O) groups excluding carboxylic acids is 1. The second kappa shape index (κ2) is 8.50. The second-order valence-corrected chi connectivity index (χ2v) is 8.77. The van der Waals surface area contributed by atoms with Crippen molar-refractivity contribution >= 4 is 28.8 Å². The second-order valence-electron chi connectivity index (χ2n) is 7.71. The number of ether oxygens (including phenoxy) is 1. The van der Waals surface area contributed by atoms with E-state index in [1.807, 2.05) is 0 Å². The molecular weight excluding hydrogens is 391 g/mol. The molecule has 28 heavy (non-hydrogen) atoms. The van der Waals surface area contributed by atoms with Crippen molar-refractivity contribution in [3.05, 3.63) is 28.3 Å².